The van der Waals surface area contributed by atoms with Gasteiger partial charge in [-0.3, -0.25) is 14.9 Å². The number of nitro groups is 1. The van der Waals surface area contributed by atoms with Gasteiger partial charge in [-0.15, -0.1) is 0 Å². The molecule has 0 amide bonds. The third kappa shape index (κ3) is 3.82. The lowest BCUT2D eigenvalue weighted by Gasteiger charge is -2.14. The number of ether oxygens (including phenoxy) is 2. The summed E-state index contributed by atoms with van der Waals surface area (Å²) in [6, 6.07) is 9.18. The Morgan fingerprint density at radius 1 is 1.22 bits per heavy atom. The third-order valence-electron chi connectivity index (χ3n) is 3.17. The van der Waals surface area contributed by atoms with Gasteiger partial charge in [-0.2, -0.15) is 0 Å². The van der Waals surface area contributed by atoms with Crippen LogP contribution >= 0.6 is 0 Å². The fourth-order valence-corrected chi connectivity index (χ4v) is 1.97. The Bertz CT molecular complexity index is 730. The monoisotopic (exact) mass is 319 g/mol. The van der Waals surface area contributed by atoms with Gasteiger partial charge >= 0.3 is 5.69 Å². The molecule has 1 unspecified atom stereocenters. The number of methoxy groups -OCH3 is 1. The van der Waals surface area contributed by atoms with Crippen LogP contribution in [0.2, 0.25) is 0 Å². The second-order valence-corrected chi connectivity index (χ2v) is 4.72. The Morgan fingerprint density at radius 3 is 2.43 bits per heavy atom. The Hall–Kier alpha value is -2.96. The summed E-state index contributed by atoms with van der Waals surface area (Å²) < 4.78 is 23.6. The zero-order valence-electron chi connectivity index (χ0n) is 12.5. The number of Topliss-reactive ketones (excluding diaryl/α,β-unsaturated/α-hetero) is 1. The summed E-state index contributed by atoms with van der Waals surface area (Å²) >= 11 is 0. The van der Waals surface area contributed by atoms with E-state index in [9.17, 15) is 19.3 Å². The van der Waals surface area contributed by atoms with Gasteiger partial charge in [0.05, 0.1) is 12.0 Å². The van der Waals surface area contributed by atoms with Crippen molar-refractivity contribution in [3.05, 3.63) is 64.0 Å². The van der Waals surface area contributed by atoms with Gasteiger partial charge in [0.25, 0.3) is 0 Å². The lowest BCUT2D eigenvalue weighted by atomic mass is 10.1. The van der Waals surface area contributed by atoms with E-state index >= 15 is 0 Å². The molecule has 0 radical (unpaired) electrons. The van der Waals surface area contributed by atoms with Crippen molar-refractivity contribution in [1.29, 1.82) is 0 Å². The zero-order valence-corrected chi connectivity index (χ0v) is 12.5. The van der Waals surface area contributed by atoms with Crippen LogP contribution in [0, 0.1) is 15.9 Å². The van der Waals surface area contributed by atoms with Gasteiger partial charge in [0.2, 0.25) is 11.5 Å². The summed E-state index contributed by atoms with van der Waals surface area (Å²) in [6.45, 7) is 1.45. The summed E-state index contributed by atoms with van der Waals surface area (Å²) in [4.78, 5) is 22.5. The van der Waals surface area contributed by atoms with Gasteiger partial charge < -0.3 is 9.47 Å². The Morgan fingerprint density at radius 2 is 1.87 bits per heavy atom. The average molecular weight is 319 g/mol. The molecular weight excluding hydrogens is 305 g/mol. The van der Waals surface area contributed by atoms with Crippen LogP contribution in [-0.2, 0) is 0 Å². The maximum absolute atomic E-state index is 13.3. The van der Waals surface area contributed by atoms with Crippen LogP contribution in [0.4, 0.5) is 10.1 Å². The fraction of sp³-hybridized carbons (Fsp3) is 0.188. The molecule has 7 heteroatoms. The lowest BCUT2D eigenvalue weighted by Crippen LogP contribution is -2.24. The van der Waals surface area contributed by atoms with Crippen molar-refractivity contribution in [2.24, 2.45) is 0 Å². The molecule has 0 bridgehead atoms. The molecule has 0 saturated carbocycles. The smallest absolute Gasteiger partial charge is 0.311 e. The quantitative estimate of drug-likeness (QED) is 0.463. The molecule has 0 spiro atoms. The minimum Gasteiger partial charge on any atom is -0.497 e. The second kappa shape index (κ2) is 6.87. The molecule has 1 atom stereocenters. The van der Waals surface area contributed by atoms with Crippen molar-refractivity contribution in [3.63, 3.8) is 0 Å². The van der Waals surface area contributed by atoms with E-state index in [0.717, 1.165) is 18.2 Å². The average Bonchev–Trinajstić information content (AvgIpc) is 2.54. The molecule has 0 aromatic heterocycles. The Kier molecular flexibility index (Phi) is 4.90. The maximum Gasteiger partial charge on any atom is 0.311 e. The van der Waals surface area contributed by atoms with E-state index in [1.165, 1.54) is 14.0 Å². The minimum atomic E-state index is -1.01. The van der Waals surface area contributed by atoms with E-state index < -0.39 is 22.5 Å². The van der Waals surface area contributed by atoms with Crippen LogP contribution in [0.1, 0.15) is 17.3 Å². The zero-order chi connectivity index (χ0) is 17.0. The van der Waals surface area contributed by atoms with E-state index in [1.54, 1.807) is 24.3 Å². The van der Waals surface area contributed by atoms with Crippen molar-refractivity contribution in [2.45, 2.75) is 13.0 Å². The molecule has 2 aromatic rings. The number of nitro benzene ring substituents is 1. The lowest BCUT2D eigenvalue weighted by molar-refractivity contribution is -0.386. The first-order valence-corrected chi connectivity index (χ1v) is 6.71. The molecule has 0 heterocycles. The minimum absolute atomic E-state index is 0.288. The molecule has 0 aliphatic rings. The maximum atomic E-state index is 13.3. The van der Waals surface area contributed by atoms with Gasteiger partial charge in [-0.1, -0.05) is 0 Å². The highest BCUT2D eigenvalue weighted by atomic mass is 19.1. The number of carbonyl (C=O) groups excluding carboxylic acids is 1. The molecule has 2 aromatic carbocycles. The van der Waals surface area contributed by atoms with E-state index in [2.05, 4.69) is 0 Å². The largest absolute Gasteiger partial charge is 0.497 e. The summed E-state index contributed by atoms with van der Waals surface area (Å²) in [5, 5.41) is 10.9. The first kappa shape index (κ1) is 16.4. The van der Waals surface area contributed by atoms with Gasteiger partial charge in [-0.25, -0.2) is 4.39 Å². The molecule has 23 heavy (non-hydrogen) atoms. The topological polar surface area (TPSA) is 78.7 Å². The van der Waals surface area contributed by atoms with Crippen molar-refractivity contribution >= 4 is 11.5 Å². The number of hydrogen-bond donors (Lipinski definition) is 0. The fourth-order valence-electron chi connectivity index (χ4n) is 1.97. The molecule has 0 aliphatic heterocycles. The van der Waals surface area contributed by atoms with Crippen molar-refractivity contribution in [3.8, 4) is 11.5 Å². The number of nitrogens with zero attached hydrogens (tertiary/aromatic N) is 1. The molecule has 0 fully saturated rings. The summed E-state index contributed by atoms with van der Waals surface area (Å²) in [5.41, 5.74) is -0.0434. The summed E-state index contributed by atoms with van der Waals surface area (Å²) in [7, 11) is 1.51. The van der Waals surface area contributed by atoms with Gasteiger partial charge in [0.15, 0.2) is 6.10 Å². The van der Waals surface area contributed by atoms with E-state index in [-0.39, 0.29) is 11.5 Å². The van der Waals surface area contributed by atoms with Crippen LogP contribution in [0.25, 0.3) is 0 Å². The highest BCUT2D eigenvalue weighted by molar-refractivity contribution is 5.99. The molecular formula is C16H14FNO5. The normalized spacial score (nSPS) is 11.6. The Balaban J connectivity index is 2.20. The predicted molar refractivity (Wildman–Crippen MR) is 80.5 cm³/mol. The van der Waals surface area contributed by atoms with Gasteiger partial charge in [0.1, 0.15) is 11.6 Å². The molecule has 0 N–H and O–H groups in total. The summed E-state index contributed by atoms with van der Waals surface area (Å²) in [6.07, 6.45) is -1.01. The molecule has 0 saturated heterocycles. The highest BCUT2D eigenvalue weighted by Crippen LogP contribution is 2.29. The van der Waals surface area contributed by atoms with Gasteiger partial charge in [-0.05, 0) is 37.3 Å². The number of benzene rings is 2. The number of rotatable bonds is 6. The highest BCUT2D eigenvalue weighted by Gasteiger charge is 2.22. The summed E-state index contributed by atoms with van der Waals surface area (Å²) in [5.74, 6) is -0.763. The van der Waals surface area contributed by atoms with Crippen LogP contribution in [0.5, 0.6) is 11.5 Å². The van der Waals surface area contributed by atoms with Crippen molar-refractivity contribution in [2.75, 3.05) is 7.11 Å². The number of halogens is 1. The SMILES string of the molecule is COc1ccc(C(=O)C(C)Oc2cc(F)ccc2[N+](=O)[O-])cc1. The van der Waals surface area contributed by atoms with E-state index in [4.69, 9.17) is 9.47 Å². The van der Waals surface area contributed by atoms with E-state index in [0.29, 0.717) is 11.3 Å². The third-order valence-corrected chi connectivity index (χ3v) is 3.17. The molecule has 0 aliphatic carbocycles. The standard InChI is InChI=1S/C16H14FNO5/c1-10(16(19)11-3-6-13(22-2)7-4-11)23-15-9-12(17)5-8-14(15)18(20)21/h3-10H,1-2H3. The van der Waals surface area contributed by atoms with Crippen molar-refractivity contribution in [1.82, 2.24) is 0 Å². The first-order valence-electron chi connectivity index (χ1n) is 6.71. The Labute approximate surface area is 131 Å². The van der Waals surface area contributed by atoms with Crippen LogP contribution in [-0.4, -0.2) is 23.9 Å². The van der Waals surface area contributed by atoms with Crippen LogP contribution < -0.4 is 9.47 Å². The van der Waals surface area contributed by atoms with Crippen LogP contribution in [0.3, 0.4) is 0 Å². The number of hydrogen-bond acceptors (Lipinski definition) is 5. The predicted octanol–water partition coefficient (Wildman–Crippen LogP) is 3.39. The van der Waals surface area contributed by atoms with Gasteiger partial charge in [0, 0.05) is 17.7 Å². The molecule has 120 valence electrons. The first-order chi connectivity index (χ1) is 10.9. The van der Waals surface area contributed by atoms with E-state index in [1.807, 2.05) is 0 Å². The second-order valence-electron chi connectivity index (χ2n) is 4.72. The molecule has 2 rings (SSSR count). The number of ketones is 1. The van der Waals surface area contributed by atoms with Crippen molar-refractivity contribution < 1.29 is 23.6 Å². The molecule has 6 nitrogen and oxygen atoms in total. The van der Waals surface area contributed by atoms with Crippen LogP contribution in [0.15, 0.2) is 42.5 Å². The number of carbonyl (C=O) groups is 1.